The minimum atomic E-state index is -2.52. The zero-order valence-electron chi connectivity index (χ0n) is 12.0. The number of carbonyl (C=O) groups excluding carboxylic acids is 1. The molecule has 0 rings (SSSR count). The largest absolute Gasteiger partial charge is 0.500 e. The van der Waals surface area contributed by atoms with E-state index in [-0.39, 0.29) is 5.91 Å². The van der Waals surface area contributed by atoms with Gasteiger partial charge in [0.2, 0.25) is 5.91 Å². The summed E-state index contributed by atoms with van der Waals surface area (Å²) in [5.41, 5.74) is 0. The van der Waals surface area contributed by atoms with Gasteiger partial charge in [0.25, 0.3) is 0 Å². The summed E-state index contributed by atoms with van der Waals surface area (Å²) in [6.45, 7) is 3.36. The maximum atomic E-state index is 11.4. The van der Waals surface area contributed by atoms with E-state index in [9.17, 15) is 4.79 Å². The molecule has 0 aromatic rings. The molecule has 1 amide bonds. The van der Waals surface area contributed by atoms with Crippen molar-refractivity contribution in [1.29, 1.82) is 0 Å². The lowest BCUT2D eigenvalue weighted by Crippen LogP contribution is -2.43. The summed E-state index contributed by atoms with van der Waals surface area (Å²) in [6.07, 6.45) is 0.783. The Morgan fingerprint density at radius 1 is 1.06 bits per heavy atom. The van der Waals surface area contributed by atoms with Crippen LogP contribution in [0.3, 0.4) is 0 Å². The highest BCUT2D eigenvalue weighted by atomic mass is 28.4. The van der Waals surface area contributed by atoms with Crippen LogP contribution in [0.4, 0.5) is 0 Å². The highest BCUT2D eigenvalue weighted by Crippen LogP contribution is 2.15. The second-order valence-electron chi connectivity index (χ2n) is 3.90. The van der Waals surface area contributed by atoms with Gasteiger partial charge in [0.15, 0.2) is 0 Å². The summed E-state index contributed by atoms with van der Waals surface area (Å²) in [7, 11) is 3.87. The van der Waals surface area contributed by atoms with Crippen molar-refractivity contribution in [2.24, 2.45) is 0 Å². The van der Waals surface area contributed by atoms with Gasteiger partial charge in [0.1, 0.15) is 0 Å². The summed E-state index contributed by atoms with van der Waals surface area (Å²) < 4.78 is 21.0. The van der Waals surface area contributed by atoms with Crippen LogP contribution in [0.15, 0.2) is 0 Å². The van der Waals surface area contributed by atoms with E-state index in [2.05, 4.69) is 0 Å². The SMILES string of the molecule is COCCN(CCC[Si](OC)(OC)OC)C(C)=O. The molecule has 0 bridgehead atoms. The van der Waals surface area contributed by atoms with Crippen molar-refractivity contribution in [3.05, 3.63) is 0 Å². The van der Waals surface area contributed by atoms with E-state index in [0.717, 1.165) is 6.42 Å². The summed E-state index contributed by atoms with van der Waals surface area (Å²) >= 11 is 0. The smallest absolute Gasteiger partial charge is 0.383 e. The first-order valence-electron chi connectivity index (χ1n) is 5.95. The van der Waals surface area contributed by atoms with E-state index in [1.54, 1.807) is 40.3 Å². The van der Waals surface area contributed by atoms with Crippen LogP contribution in [0.25, 0.3) is 0 Å². The lowest BCUT2D eigenvalue weighted by Gasteiger charge is -2.26. The van der Waals surface area contributed by atoms with Gasteiger partial charge in [-0.25, -0.2) is 0 Å². The molecule has 108 valence electrons. The number of carbonyl (C=O) groups is 1. The Balaban J connectivity index is 4.15. The van der Waals surface area contributed by atoms with Crippen LogP contribution in [0.5, 0.6) is 0 Å². The number of methoxy groups -OCH3 is 1. The number of ether oxygens (including phenoxy) is 1. The molecule has 0 aliphatic heterocycles. The standard InChI is InChI=1S/C11H25NO5Si/c1-11(13)12(8-9-14-2)7-6-10-18(15-3,16-4)17-5/h6-10H2,1-5H3. The van der Waals surface area contributed by atoms with Crippen LogP contribution in [0, 0.1) is 0 Å². The predicted octanol–water partition coefficient (Wildman–Crippen LogP) is 0.749. The van der Waals surface area contributed by atoms with E-state index in [1.807, 2.05) is 0 Å². The molecule has 0 aliphatic carbocycles. The summed E-state index contributed by atoms with van der Waals surface area (Å²) in [4.78, 5) is 13.2. The number of rotatable bonds is 10. The van der Waals surface area contributed by atoms with Gasteiger partial charge in [0.05, 0.1) is 6.61 Å². The fourth-order valence-electron chi connectivity index (χ4n) is 1.67. The highest BCUT2D eigenvalue weighted by Gasteiger charge is 2.37. The van der Waals surface area contributed by atoms with Gasteiger partial charge in [-0.2, -0.15) is 0 Å². The van der Waals surface area contributed by atoms with Crippen LogP contribution in [0.2, 0.25) is 6.04 Å². The molecule has 0 atom stereocenters. The first kappa shape index (κ1) is 17.5. The maximum Gasteiger partial charge on any atom is 0.500 e. The van der Waals surface area contributed by atoms with Crippen LogP contribution in [-0.2, 0) is 22.8 Å². The van der Waals surface area contributed by atoms with Crippen LogP contribution >= 0.6 is 0 Å². The van der Waals surface area contributed by atoms with Crippen LogP contribution in [0.1, 0.15) is 13.3 Å². The molecule has 0 aromatic heterocycles. The molecule has 0 aliphatic rings. The highest BCUT2D eigenvalue weighted by molar-refractivity contribution is 6.60. The van der Waals surface area contributed by atoms with Gasteiger partial charge in [0, 0.05) is 54.5 Å². The van der Waals surface area contributed by atoms with E-state index >= 15 is 0 Å². The van der Waals surface area contributed by atoms with Crippen molar-refractivity contribution in [3.8, 4) is 0 Å². The minimum absolute atomic E-state index is 0.0477. The van der Waals surface area contributed by atoms with E-state index in [1.165, 1.54) is 0 Å². The predicted molar refractivity (Wildman–Crippen MR) is 70.3 cm³/mol. The number of amides is 1. The lowest BCUT2D eigenvalue weighted by atomic mass is 10.4. The Hall–Kier alpha value is -0.473. The molecule has 0 radical (unpaired) electrons. The Labute approximate surface area is 111 Å². The monoisotopic (exact) mass is 279 g/mol. The molecular weight excluding hydrogens is 254 g/mol. The molecule has 18 heavy (non-hydrogen) atoms. The lowest BCUT2D eigenvalue weighted by molar-refractivity contribution is -0.129. The summed E-state index contributed by atoms with van der Waals surface area (Å²) in [6, 6.07) is 0.688. The zero-order chi connectivity index (χ0) is 14.0. The second-order valence-corrected chi connectivity index (χ2v) is 6.99. The first-order chi connectivity index (χ1) is 8.55. The van der Waals surface area contributed by atoms with Crippen molar-refractivity contribution in [2.75, 3.05) is 48.1 Å². The maximum absolute atomic E-state index is 11.4. The first-order valence-corrected chi connectivity index (χ1v) is 7.88. The van der Waals surface area contributed by atoms with Crippen molar-refractivity contribution < 1.29 is 22.8 Å². The summed E-state index contributed by atoms with van der Waals surface area (Å²) in [5.74, 6) is 0.0477. The number of hydrogen-bond acceptors (Lipinski definition) is 5. The quantitative estimate of drug-likeness (QED) is 0.552. The minimum Gasteiger partial charge on any atom is -0.383 e. The molecule has 0 N–H and O–H groups in total. The third kappa shape index (κ3) is 5.92. The molecule has 0 saturated carbocycles. The topological polar surface area (TPSA) is 57.2 Å². The molecular formula is C11H25NO5Si. The van der Waals surface area contributed by atoms with Gasteiger partial charge in [-0.05, 0) is 6.42 Å². The fraction of sp³-hybridized carbons (Fsp3) is 0.909. The molecule has 0 heterocycles. The van der Waals surface area contributed by atoms with Gasteiger partial charge in [-0.15, -0.1) is 0 Å². The molecule has 7 heteroatoms. The molecule has 0 unspecified atom stereocenters. The molecule has 0 spiro atoms. The van der Waals surface area contributed by atoms with Gasteiger partial charge in [-0.1, -0.05) is 0 Å². The van der Waals surface area contributed by atoms with Gasteiger partial charge >= 0.3 is 8.80 Å². The van der Waals surface area contributed by atoms with Crippen LogP contribution < -0.4 is 0 Å². The Morgan fingerprint density at radius 3 is 2.00 bits per heavy atom. The fourth-order valence-corrected chi connectivity index (χ4v) is 3.37. The van der Waals surface area contributed by atoms with E-state index in [4.69, 9.17) is 18.0 Å². The van der Waals surface area contributed by atoms with Crippen molar-refractivity contribution in [3.63, 3.8) is 0 Å². The molecule has 0 fully saturated rings. The number of hydrogen-bond donors (Lipinski definition) is 0. The molecule has 0 saturated heterocycles. The Kier molecular flexibility index (Phi) is 9.21. The summed E-state index contributed by atoms with van der Waals surface area (Å²) in [5, 5.41) is 0. The average molecular weight is 279 g/mol. The second kappa shape index (κ2) is 9.46. The normalized spacial score (nSPS) is 11.6. The van der Waals surface area contributed by atoms with Gasteiger partial charge in [-0.3, -0.25) is 4.79 Å². The third-order valence-electron chi connectivity index (χ3n) is 2.85. The van der Waals surface area contributed by atoms with E-state index < -0.39 is 8.80 Å². The van der Waals surface area contributed by atoms with Crippen molar-refractivity contribution in [1.82, 2.24) is 4.90 Å². The molecule has 0 aromatic carbocycles. The van der Waals surface area contributed by atoms with Crippen LogP contribution in [-0.4, -0.2) is 67.7 Å². The van der Waals surface area contributed by atoms with Crippen molar-refractivity contribution in [2.45, 2.75) is 19.4 Å². The van der Waals surface area contributed by atoms with E-state index in [0.29, 0.717) is 25.7 Å². The van der Waals surface area contributed by atoms with Gasteiger partial charge < -0.3 is 22.9 Å². The Bertz CT molecular complexity index is 227. The molecule has 6 nitrogen and oxygen atoms in total. The third-order valence-corrected chi connectivity index (χ3v) is 5.69. The number of nitrogens with zero attached hydrogens (tertiary/aromatic N) is 1. The average Bonchev–Trinajstić information content (AvgIpc) is 2.38. The zero-order valence-corrected chi connectivity index (χ0v) is 13.0. The Morgan fingerprint density at radius 2 is 1.61 bits per heavy atom. The van der Waals surface area contributed by atoms with Crippen molar-refractivity contribution >= 4 is 14.7 Å².